The van der Waals surface area contributed by atoms with Crippen LogP contribution in [-0.4, -0.2) is 34.8 Å². The fraction of sp³-hybridized carbons (Fsp3) is 0.231. The molecule has 0 bridgehead atoms. The molecule has 10 heteroatoms. The summed E-state index contributed by atoms with van der Waals surface area (Å²) in [5.41, 5.74) is 4.21. The molecule has 0 aliphatic carbocycles. The Bertz CT molecular complexity index is 1320. The Labute approximate surface area is 208 Å². The summed E-state index contributed by atoms with van der Waals surface area (Å²) in [6.07, 6.45) is 1.59. The number of halogens is 2. The van der Waals surface area contributed by atoms with Crippen molar-refractivity contribution in [3.8, 4) is 5.75 Å². The second-order valence-corrected chi connectivity index (χ2v) is 7.84. The van der Waals surface area contributed by atoms with Crippen molar-refractivity contribution in [1.82, 2.24) is 14.8 Å². The number of hydrogen-bond acceptors (Lipinski definition) is 6. The standard InChI is InChI=1S/C26H28F2N6O2/c1-17(2)34(32-29-4)15-19-8-7-9-20(12-19)18(3)31-26(35-6)22-14-30-33(5)25(22)16-36-21-10-11-23(27)24(28)13-21/h7-14H,1,3,15-16H2,2,4-6H3. The van der Waals surface area contributed by atoms with Crippen molar-refractivity contribution < 1.29 is 18.3 Å². The van der Waals surface area contributed by atoms with Gasteiger partial charge in [0.1, 0.15) is 12.4 Å². The Kier molecular flexibility index (Phi) is 8.66. The van der Waals surface area contributed by atoms with E-state index in [1.807, 2.05) is 31.2 Å². The van der Waals surface area contributed by atoms with E-state index in [4.69, 9.17) is 9.47 Å². The first-order chi connectivity index (χ1) is 17.2. The molecule has 0 aliphatic rings. The van der Waals surface area contributed by atoms with Gasteiger partial charge in [0.25, 0.3) is 0 Å². The molecule has 0 spiro atoms. The molecule has 0 fully saturated rings. The summed E-state index contributed by atoms with van der Waals surface area (Å²) in [5, 5.41) is 13.9. The third-order valence-corrected chi connectivity index (χ3v) is 5.22. The van der Waals surface area contributed by atoms with Crippen LogP contribution in [0.15, 0.2) is 82.8 Å². The van der Waals surface area contributed by atoms with Crippen molar-refractivity contribution in [3.63, 3.8) is 0 Å². The van der Waals surface area contributed by atoms with E-state index in [-0.39, 0.29) is 18.3 Å². The maximum Gasteiger partial charge on any atom is 0.224 e. The molecule has 0 radical (unpaired) electrons. The molecule has 0 N–H and O–H groups in total. The van der Waals surface area contributed by atoms with Crippen LogP contribution in [0.4, 0.5) is 8.78 Å². The quantitative estimate of drug-likeness (QED) is 0.157. The van der Waals surface area contributed by atoms with Gasteiger partial charge >= 0.3 is 0 Å². The van der Waals surface area contributed by atoms with Crippen LogP contribution in [0.2, 0.25) is 0 Å². The summed E-state index contributed by atoms with van der Waals surface area (Å²) in [4.78, 5) is 4.59. The zero-order valence-electron chi connectivity index (χ0n) is 20.7. The summed E-state index contributed by atoms with van der Waals surface area (Å²) in [7, 11) is 4.83. The summed E-state index contributed by atoms with van der Waals surface area (Å²) in [6.45, 7) is 10.4. The van der Waals surface area contributed by atoms with E-state index >= 15 is 0 Å². The Morgan fingerprint density at radius 1 is 1.14 bits per heavy atom. The van der Waals surface area contributed by atoms with E-state index in [9.17, 15) is 8.78 Å². The molecule has 1 heterocycles. The minimum absolute atomic E-state index is 0.0317. The van der Waals surface area contributed by atoms with E-state index in [1.165, 1.54) is 13.2 Å². The highest BCUT2D eigenvalue weighted by Gasteiger charge is 2.17. The first-order valence-electron chi connectivity index (χ1n) is 11.0. The second kappa shape index (κ2) is 11.9. The van der Waals surface area contributed by atoms with Crippen LogP contribution in [-0.2, 0) is 24.9 Å². The van der Waals surface area contributed by atoms with Gasteiger partial charge in [-0.2, -0.15) is 10.2 Å². The third-order valence-electron chi connectivity index (χ3n) is 5.22. The first kappa shape index (κ1) is 26.3. The second-order valence-electron chi connectivity index (χ2n) is 7.84. The molecule has 1 aromatic heterocycles. The number of aliphatic imine (C=N–C) groups is 1. The van der Waals surface area contributed by atoms with Crippen LogP contribution < -0.4 is 4.74 Å². The number of allylic oxidation sites excluding steroid dienone is 1. The molecular weight excluding hydrogens is 466 g/mol. The van der Waals surface area contributed by atoms with Crippen molar-refractivity contribution >= 4 is 11.6 Å². The molecule has 3 rings (SSSR count). The molecule has 0 saturated carbocycles. The van der Waals surface area contributed by atoms with Gasteiger partial charge in [-0.3, -0.25) is 4.68 Å². The van der Waals surface area contributed by atoms with Crippen molar-refractivity contribution in [1.29, 1.82) is 0 Å². The van der Waals surface area contributed by atoms with Gasteiger partial charge < -0.3 is 9.47 Å². The van der Waals surface area contributed by atoms with Gasteiger partial charge in [0, 0.05) is 18.8 Å². The molecular formula is C26H28F2N6O2. The highest BCUT2D eigenvalue weighted by atomic mass is 19.2. The lowest BCUT2D eigenvalue weighted by Gasteiger charge is -2.17. The van der Waals surface area contributed by atoms with Crippen molar-refractivity contribution in [2.24, 2.45) is 22.4 Å². The largest absolute Gasteiger partial charge is 0.487 e. The van der Waals surface area contributed by atoms with Crippen LogP contribution in [0.5, 0.6) is 5.75 Å². The maximum absolute atomic E-state index is 13.5. The van der Waals surface area contributed by atoms with Gasteiger partial charge in [-0.1, -0.05) is 36.6 Å². The summed E-state index contributed by atoms with van der Waals surface area (Å²) in [6, 6.07) is 11.1. The number of hydrogen-bond donors (Lipinski definition) is 0. The van der Waals surface area contributed by atoms with Gasteiger partial charge in [-0.05, 0) is 36.2 Å². The lowest BCUT2D eigenvalue weighted by atomic mass is 10.1. The van der Waals surface area contributed by atoms with Crippen LogP contribution in [0, 0.1) is 11.6 Å². The highest BCUT2D eigenvalue weighted by molar-refractivity contribution is 5.98. The number of benzene rings is 2. The molecule has 188 valence electrons. The normalized spacial score (nSPS) is 11.6. The van der Waals surface area contributed by atoms with Crippen molar-refractivity contribution in [2.45, 2.75) is 20.1 Å². The predicted molar refractivity (Wildman–Crippen MR) is 134 cm³/mol. The molecule has 0 unspecified atom stereocenters. The fourth-order valence-electron chi connectivity index (χ4n) is 3.31. The van der Waals surface area contributed by atoms with Gasteiger partial charge in [0.2, 0.25) is 5.90 Å². The molecule has 0 atom stereocenters. The van der Waals surface area contributed by atoms with Crippen LogP contribution in [0.3, 0.4) is 0 Å². The Hall–Kier alpha value is -4.34. The molecule has 0 aliphatic heterocycles. The number of ether oxygens (including phenoxy) is 2. The lowest BCUT2D eigenvalue weighted by molar-refractivity contribution is 0.291. The van der Waals surface area contributed by atoms with Gasteiger partial charge in [-0.25, -0.2) is 18.8 Å². The smallest absolute Gasteiger partial charge is 0.224 e. The minimum atomic E-state index is -0.987. The monoisotopic (exact) mass is 494 g/mol. The molecule has 8 nitrogen and oxygen atoms in total. The van der Waals surface area contributed by atoms with Gasteiger partial charge in [0.05, 0.1) is 43.9 Å². The van der Waals surface area contributed by atoms with Crippen molar-refractivity contribution in [3.05, 3.63) is 102 Å². The topological polar surface area (TPSA) is 76.6 Å². The first-order valence-corrected chi connectivity index (χ1v) is 11.0. The third kappa shape index (κ3) is 6.41. The number of aryl methyl sites for hydroxylation is 1. The van der Waals surface area contributed by atoms with Crippen LogP contribution >= 0.6 is 0 Å². The van der Waals surface area contributed by atoms with E-state index in [1.54, 1.807) is 30.0 Å². The van der Waals surface area contributed by atoms with E-state index in [0.717, 1.165) is 29.0 Å². The Morgan fingerprint density at radius 2 is 1.92 bits per heavy atom. The average molecular weight is 495 g/mol. The van der Waals surface area contributed by atoms with E-state index < -0.39 is 11.6 Å². The predicted octanol–water partition coefficient (Wildman–Crippen LogP) is 5.67. The van der Waals surface area contributed by atoms with Crippen molar-refractivity contribution in [2.75, 3.05) is 14.2 Å². The SMILES string of the molecule is C=C(N=C(OC)c1cnn(C)c1COc1ccc(F)c(F)c1)c1cccc(CN(N=NC)C(=C)C)c1. The number of methoxy groups -OCH3 is 1. The lowest BCUT2D eigenvalue weighted by Crippen LogP contribution is -2.13. The van der Waals surface area contributed by atoms with E-state index in [0.29, 0.717) is 23.5 Å². The van der Waals surface area contributed by atoms with Crippen LogP contribution in [0.25, 0.3) is 5.70 Å². The highest BCUT2D eigenvalue weighted by Crippen LogP contribution is 2.22. The average Bonchev–Trinajstić information content (AvgIpc) is 3.22. The number of rotatable bonds is 10. The summed E-state index contributed by atoms with van der Waals surface area (Å²) < 4.78 is 39.5. The summed E-state index contributed by atoms with van der Waals surface area (Å²) >= 11 is 0. The molecule has 36 heavy (non-hydrogen) atoms. The molecule has 2 aromatic carbocycles. The summed E-state index contributed by atoms with van der Waals surface area (Å²) in [5.74, 6) is -1.46. The number of nitrogens with zero attached hydrogens (tertiary/aromatic N) is 6. The Morgan fingerprint density at radius 3 is 2.58 bits per heavy atom. The van der Waals surface area contributed by atoms with Gasteiger partial charge in [0.15, 0.2) is 11.6 Å². The molecule has 0 amide bonds. The number of aromatic nitrogens is 2. The minimum Gasteiger partial charge on any atom is -0.487 e. The van der Waals surface area contributed by atoms with E-state index in [2.05, 4.69) is 33.6 Å². The van der Waals surface area contributed by atoms with Gasteiger partial charge in [-0.15, -0.1) is 0 Å². The molecule has 3 aromatic rings. The van der Waals surface area contributed by atoms with Crippen LogP contribution in [0.1, 0.15) is 29.3 Å². The maximum atomic E-state index is 13.5. The fourth-order valence-corrected chi connectivity index (χ4v) is 3.31. The Balaban J connectivity index is 1.82. The molecule has 0 saturated heterocycles. The zero-order valence-corrected chi connectivity index (χ0v) is 20.7. The zero-order chi connectivity index (χ0) is 26.2.